The Morgan fingerprint density at radius 2 is 1.91 bits per heavy atom. The minimum atomic E-state index is -3.57. The maximum Gasteiger partial charge on any atom is 0.380 e. The van der Waals surface area contributed by atoms with Crippen LogP contribution < -0.4 is 5.06 Å². The molecule has 3 rings (SSSR count). The Morgan fingerprint density at radius 3 is 2.65 bits per heavy atom. The standard InChI is InChI=1S/C15H14Cl2NO3PS/c1-10(9-21-22(16,17)20)11-5-4-8-14-15(11)18(19)12-6-2-3-7-13(12)23-14/h2-8,10,19H,9H2,1H3. The molecule has 0 spiro atoms. The van der Waals surface area contributed by atoms with Crippen LogP contribution in [0.2, 0.25) is 0 Å². The van der Waals surface area contributed by atoms with Gasteiger partial charge < -0.3 is 4.52 Å². The van der Waals surface area contributed by atoms with E-state index in [0.29, 0.717) is 5.69 Å². The predicted molar refractivity (Wildman–Crippen MR) is 94.6 cm³/mol. The van der Waals surface area contributed by atoms with Crippen LogP contribution in [0.3, 0.4) is 0 Å². The van der Waals surface area contributed by atoms with Gasteiger partial charge in [0.05, 0.1) is 18.0 Å². The average molecular weight is 390 g/mol. The molecule has 2 aromatic carbocycles. The monoisotopic (exact) mass is 389 g/mol. The summed E-state index contributed by atoms with van der Waals surface area (Å²) in [6.07, 6.45) is -3.57. The van der Waals surface area contributed by atoms with E-state index in [1.807, 2.05) is 49.4 Å². The summed E-state index contributed by atoms with van der Waals surface area (Å²) in [5.41, 5.74) is 2.30. The number of nitrogens with zero attached hydrogens (tertiary/aromatic N) is 1. The molecule has 2 aromatic rings. The van der Waals surface area contributed by atoms with E-state index in [-0.39, 0.29) is 12.5 Å². The van der Waals surface area contributed by atoms with E-state index in [1.54, 1.807) is 11.8 Å². The molecule has 8 heteroatoms. The van der Waals surface area contributed by atoms with Gasteiger partial charge in [-0.1, -0.05) is 43.0 Å². The summed E-state index contributed by atoms with van der Waals surface area (Å²) in [5.74, 6) is -0.142. The number of halogens is 2. The molecule has 1 aliphatic heterocycles. The van der Waals surface area contributed by atoms with Gasteiger partial charge in [0.1, 0.15) is 0 Å². The number of hydrogen-bond donors (Lipinski definition) is 1. The first-order chi connectivity index (χ1) is 10.9. The molecular weight excluding hydrogens is 376 g/mol. The van der Waals surface area contributed by atoms with E-state index in [9.17, 15) is 9.77 Å². The molecule has 0 amide bonds. The van der Waals surface area contributed by atoms with Crippen LogP contribution in [0.4, 0.5) is 11.4 Å². The van der Waals surface area contributed by atoms with E-state index in [4.69, 9.17) is 27.0 Å². The second-order valence-corrected chi connectivity index (χ2v) is 10.5. The largest absolute Gasteiger partial charge is 0.380 e. The van der Waals surface area contributed by atoms with Crippen molar-refractivity contribution >= 4 is 51.7 Å². The van der Waals surface area contributed by atoms with Crippen molar-refractivity contribution in [2.45, 2.75) is 22.6 Å². The Morgan fingerprint density at radius 1 is 1.22 bits per heavy atom. The lowest BCUT2D eigenvalue weighted by molar-refractivity contribution is 0.289. The topological polar surface area (TPSA) is 49.8 Å². The van der Waals surface area contributed by atoms with Crippen LogP contribution in [-0.4, -0.2) is 11.8 Å². The van der Waals surface area contributed by atoms with Crippen molar-refractivity contribution in [1.82, 2.24) is 0 Å². The molecule has 0 aromatic heterocycles. The Bertz CT molecular complexity index is 783. The lowest BCUT2D eigenvalue weighted by Crippen LogP contribution is -2.19. The van der Waals surface area contributed by atoms with Gasteiger partial charge in [0.25, 0.3) is 0 Å². The third kappa shape index (κ3) is 3.71. The molecule has 1 unspecified atom stereocenters. The number of benzene rings is 2. The fourth-order valence-electron chi connectivity index (χ4n) is 2.49. The fourth-order valence-corrected chi connectivity index (χ4v) is 4.32. The fraction of sp³-hybridized carbons (Fsp3) is 0.200. The summed E-state index contributed by atoms with van der Waals surface area (Å²) in [4.78, 5) is 1.92. The summed E-state index contributed by atoms with van der Waals surface area (Å²) in [5, 5.41) is 11.8. The highest BCUT2D eigenvalue weighted by atomic mass is 35.9. The van der Waals surface area contributed by atoms with Crippen LogP contribution in [0.15, 0.2) is 52.3 Å². The highest BCUT2D eigenvalue weighted by Crippen LogP contribution is 2.58. The second-order valence-electron chi connectivity index (χ2n) is 5.19. The lowest BCUT2D eigenvalue weighted by Gasteiger charge is -2.30. The van der Waals surface area contributed by atoms with Crippen LogP contribution in [0.1, 0.15) is 18.4 Å². The molecule has 1 N–H and O–H groups in total. The summed E-state index contributed by atoms with van der Waals surface area (Å²) in [6.45, 7) is 2.00. The normalized spacial score (nSPS) is 15.0. The molecule has 1 atom stereocenters. The van der Waals surface area contributed by atoms with Crippen LogP contribution in [0, 0.1) is 0 Å². The van der Waals surface area contributed by atoms with E-state index in [2.05, 4.69) is 0 Å². The quantitative estimate of drug-likeness (QED) is 0.614. The van der Waals surface area contributed by atoms with E-state index >= 15 is 0 Å². The van der Waals surface area contributed by atoms with Crippen molar-refractivity contribution in [2.24, 2.45) is 0 Å². The minimum Gasteiger partial charge on any atom is -0.306 e. The molecule has 0 saturated heterocycles. The maximum absolute atomic E-state index is 11.3. The van der Waals surface area contributed by atoms with Gasteiger partial charge in [-0.15, -0.1) is 0 Å². The van der Waals surface area contributed by atoms with Crippen LogP contribution in [0.25, 0.3) is 0 Å². The Labute approximate surface area is 148 Å². The zero-order chi connectivity index (χ0) is 16.6. The van der Waals surface area contributed by atoms with Gasteiger partial charge in [-0.05, 0) is 46.2 Å². The molecule has 23 heavy (non-hydrogen) atoms. The third-order valence-electron chi connectivity index (χ3n) is 3.56. The van der Waals surface area contributed by atoms with E-state index < -0.39 is 6.07 Å². The van der Waals surface area contributed by atoms with Gasteiger partial charge in [-0.3, -0.25) is 9.77 Å². The van der Waals surface area contributed by atoms with Gasteiger partial charge in [0.15, 0.2) is 0 Å². The number of rotatable bonds is 4. The van der Waals surface area contributed by atoms with Crippen molar-refractivity contribution in [3.05, 3.63) is 48.0 Å². The number of fused-ring (bicyclic) bond motifs is 2. The Balaban J connectivity index is 1.96. The van der Waals surface area contributed by atoms with E-state index in [1.165, 1.54) is 5.06 Å². The SMILES string of the molecule is CC(COP(=O)(Cl)Cl)c1cccc2c1N(O)c1ccccc1S2. The molecule has 122 valence electrons. The first-order valence-electron chi connectivity index (χ1n) is 6.89. The highest BCUT2D eigenvalue weighted by Gasteiger charge is 2.27. The predicted octanol–water partition coefficient (Wildman–Crippen LogP) is 6.38. The van der Waals surface area contributed by atoms with Crippen LogP contribution in [0.5, 0.6) is 0 Å². The van der Waals surface area contributed by atoms with Crippen LogP contribution in [-0.2, 0) is 9.09 Å². The van der Waals surface area contributed by atoms with Gasteiger partial charge in [-0.25, -0.2) is 5.06 Å². The van der Waals surface area contributed by atoms with Gasteiger partial charge in [0.2, 0.25) is 0 Å². The zero-order valence-corrected chi connectivity index (χ0v) is 15.4. The van der Waals surface area contributed by atoms with Crippen LogP contribution >= 0.6 is 40.3 Å². The summed E-state index contributed by atoms with van der Waals surface area (Å²) in [6, 6.07) is 13.4. The van der Waals surface area contributed by atoms with Gasteiger partial charge >= 0.3 is 6.07 Å². The molecule has 0 fully saturated rings. The molecule has 4 nitrogen and oxygen atoms in total. The number of para-hydroxylation sites is 2. The maximum atomic E-state index is 11.3. The Kier molecular flexibility index (Phi) is 4.98. The van der Waals surface area contributed by atoms with Crippen molar-refractivity contribution in [3.63, 3.8) is 0 Å². The average Bonchev–Trinajstić information content (AvgIpc) is 2.51. The number of hydrogen-bond acceptors (Lipinski definition) is 5. The summed E-state index contributed by atoms with van der Waals surface area (Å²) < 4.78 is 16.3. The smallest absolute Gasteiger partial charge is 0.306 e. The van der Waals surface area contributed by atoms with Crippen molar-refractivity contribution in [1.29, 1.82) is 0 Å². The molecular formula is C15H14Cl2NO3PS. The molecule has 1 aliphatic rings. The summed E-state index contributed by atoms with van der Waals surface area (Å²) in [7, 11) is 0. The third-order valence-corrected chi connectivity index (χ3v) is 5.71. The number of anilines is 2. The molecule has 1 heterocycles. The lowest BCUT2D eigenvalue weighted by atomic mass is 9.99. The van der Waals surface area contributed by atoms with Gasteiger partial charge in [0, 0.05) is 15.7 Å². The van der Waals surface area contributed by atoms with Crippen molar-refractivity contribution in [3.8, 4) is 0 Å². The minimum absolute atomic E-state index is 0.0981. The molecule has 0 saturated carbocycles. The van der Waals surface area contributed by atoms with Gasteiger partial charge in [-0.2, -0.15) is 0 Å². The zero-order valence-electron chi connectivity index (χ0n) is 12.1. The molecule has 0 aliphatic carbocycles. The highest BCUT2D eigenvalue weighted by molar-refractivity contribution is 8.05. The Hall–Kier alpha value is -0.680. The second kappa shape index (κ2) is 6.67. The van der Waals surface area contributed by atoms with Crippen molar-refractivity contribution in [2.75, 3.05) is 11.7 Å². The summed E-state index contributed by atoms with van der Waals surface area (Å²) >= 11 is 12.5. The molecule has 0 bridgehead atoms. The van der Waals surface area contributed by atoms with Crippen molar-refractivity contribution < 1.29 is 14.3 Å². The molecule has 0 radical (unpaired) electrons. The van der Waals surface area contributed by atoms with E-state index in [0.717, 1.165) is 21.0 Å². The first-order valence-corrected chi connectivity index (χ1v) is 11.1. The first kappa shape index (κ1) is 17.2.